The second-order valence-corrected chi connectivity index (χ2v) is 62.2. The van der Waals surface area contributed by atoms with Crippen LogP contribution in [0.5, 0.6) is 0 Å². The summed E-state index contributed by atoms with van der Waals surface area (Å²) >= 11 is -99.2. The van der Waals surface area contributed by atoms with Gasteiger partial charge in [-0.3, -0.25) is 0 Å². The molecule has 1 aliphatic heterocycles. The first-order valence-electron chi connectivity index (χ1n) is 13.3. The molecule has 394 valence electrons. The molecular formula is C8H17Mo12N2O42PS. The minimum atomic E-state index is -8.96. The van der Waals surface area contributed by atoms with Crippen molar-refractivity contribution in [1.82, 2.24) is 9.80 Å². The third-order valence-corrected chi connectivity index (χ3v) is 68.5. The Morgan fingerprint density at radius 3 is 1.03 bits per heavy atom. The molecule has 44 nitrogen and oxygen atoms in total. The number of phosphoric acid groups is 1. The second-order valence-electron chi connectivity index (χ2n) is 9.77. The van der Waals surface area contributed by atoms with Gasteiger partial charge in [-0.15, -0.1) is 0 Å². The van der Waals surface area contributed by atoms with Crippen LogP contribution in [-0.4, -0.2) is 51.8 Å². The van der Waals surface area contributed by atoms with Crippen LogP contribution in [0.25, 0.3) is 0 Å². The Morgan fingerprint density at radius 2 is 0.742 bits per heavy atom. The van der Waals surface area contributed by atoms with Gasteiger partial charge in [0.15, 0.2) is 0 Å². The molecule has 0 atom stereocenters. The molecule has 0 bridgehead atoms. The molecule has 0 aromatic carbocycles. The van der Waals surface area contributed by atoms with Crippen molar-refractivity contribution in [2.75, 3.05) is 26.0 Å². The SMILES string of the molecule is CN1C=CN(CCCCS(=O)(=O)[O][Mo](=[O])(=[O])[O][Mo](=[O])(=[O])[O][Mo](=[O])(=[O])[O][Mo](=[O])(=[O])[O]P(=O)([O][Mo](=[O])(=[O])[O][Mo](=[O])(=[O])[O][Mo](=[O])(=[O])[O][Mo](=[O])(=[O])[OH])[O][Mo](=[O])(=[O])[O][Mo](=[O])(=[O])[O][Mo](=[O])(=[O])[O][Mo](=[O])(=[O])[OH])C1. The molecule has 0 saturated carbocycles. The summed E-state index contributed by atoms with van der Waals surface area (Å²) in [6.07, 6.45) is 2.87. The number of rotatable bonds is 31. The van der Waals surface area contributed by atoms with Crippen molar-refractivity contribution in [1.29, 1.82) is 0 Å². The second kappa shape index (κ2) is 23.5. The summed E-state index contributed by atoms with van der Waals surface area (Å²) < 4.78 is 377. The van der Waals surface area contributed by atoms with Gasteiger partial charge in [0.25, 0.3) is 0 Å². The van der Waals surface area contributed by atoms with Gasteiger partial charge < -0.3 is 0 Å². The predicted molar refractivity (Wildman–Crippen MR) is 94.1 cm³/mol. The van der Waals surface area contributed by atoms with E-state index in [0.29, 0.717) is 6.67 Å². The molecule has 0 spiro atoms. The van der Waals surface area contributed by atoms with Crippen LogP contribution in [-0.2, 0) is 328 Å². The average Bonchev–Trinajstić information content (AvgIpc) is 3.29. The van der Waals surface area contributed by atoms with Crippen LogP contribution in [0.4, 0.5) is 0 Å². The molecule has 58 heteroatoms. The Kier molecular flexibility index (Phi) is 23.6. The van der Waals surface area contributed by atoms with Crippen LogP contribution in [0.3, 0.4) is 0 Å². The summed E-state index contributed by atoms with van der Waals surface area (Å²) in [4.78, 5) is 3.35. The Balaban J connectivity index is 3.49. The van der Waals surface area contributed by atoms with E-state index in [1.165, 1.54) is 0 Å². The van der Waals surface area contributed by atoms with Crippen molar-refractivity contribution >= 4 is 17.9 Å². The van der Waals surface area contributed by atoms with E-state index in [-0.39, 0.29) is 19.4 Å². The van der Waals surface area contributed by atoms with E-state index in [1.807, 2.05) is 0 Å². The summed E-state index contributed by atoms with van der Waals surface area (Å²) in [6.45, 7) is 0.558. The van der Waals surface area contributed by atoms with Gasteiger partial charge in [-0.05, 0) is 0 Å². The molecule has 0 fully saturated rings. The molecule has 0 saturated heterocycles. The van der Waals surface area contributed by atoms with E-state index < -0.39 is 225 Å². The molecule has 0 radical (unpaired) electrons. The maximum absolute atomic E-state index is 13.0. The molecule has 0 aromatic heterocycles. The van der Waals surface area contributed by atoms with Crippen molar-refractivity contribution in [3.8, 4) is 0 Å². The van der Waals surface area contributed by atoms with Gasteiger partial charge in [-0.25, -0.2) is 0 Å². The van der Waals surface area contributed by atoms with E-state index in [4.69, 9.17) is 7.52 Å². The zero-order valence-corrected chi connectivity index (χ0v) is 55.4. The van der Waals surface area contributed by atoms with Gasteiger partial charge in [0.1, 0.15) is 0 Å². The Bertz CT molecular complexity index is 3300. The zero-order chi connectivity index (χ0) is 52.3. The topological polar surface area (TPSA) is 628 Å². The Hall–Kier alpha value is 2.38. The standard InChI is InChI=1S/C8H16N2O3S.12Mo.H3O4P.2H2O.33O/c1-9-5-6-10(8-9)4-2-3-7-14(11,12)13;;;;;;;;;;;;;1-5(2,3)4;;;;;;;;;;;;;;;;;;;;;;;;;;;;;;;;;;;/h5-6H,2-4,7-8H2,1H3,(H,11,12,13);;;;;;;;;;;;;(H3,1,2,3,4);2*1H2;;;;;;;;;;;;;;;;;;;;;;;;;;;;;;;;;/q;;;;;;;6*+1;;;;;;;;;;;;;;;;;;;;;;;;;;;;;;;;;;;;/p-6. The van der Waals surface area contributed by atoms with Crippen LogP contribution in [0, 0.1) is 0 Å². The van der Waals surface area contributed by atoms with E-state index in [9.17, 15) is 94.5 Å². The molecule has 2 N–H and O–H groups in total. The van der Waals surface area contributed by atoms with Crippen LogP contribution in [0.15, 0.2) is 12.4 Å². The van der Waals surface area contributed by atoms with Crippen molar-refractivity contribution in [3.63, 3.8) is 0 Å². The summed E-state index contributed by atoms with van der Waals surface area (Å²) in [5.74, 6) is -1.17. The van der Waals surface area contributed by atoms with Gasteiger partial charge >= 0.3 is 413 Å². The minimum absolute atomic E-state index is 0.0317. The van der Waals surface area contributed by atoms with Gasteiger partial charge in [0.05, 0.1) is 0 Å². The average molecular weight is 2030 g/mol. The normalized spacial score (nSPS) is 16.2. The van der Waals surface area contributed by atoms with E-state index in [2.05, 4.69) is 30.8 Å². The molecule has 1 heterocycles. The van der Waals surface area contributed by atoms with E-state index >= 15 is 0 Å². The Labute approximate surface area is 405 Å². The number of nitrogens with zero attached hydrogens (tertiary/aromatic N) is 2. The molecule has 0 amide bonds. The van der Waals surface area contributed by atoms with Crippen LogP contribution >= 0.6 is 7.82 Å². The fraction of sp³-hybridized carbons (Fsp3) is 0.750. The maximum atomic E-state index is 13.0. The molecular weight excluding hydrogens is 2010 g/mol. The summed E-state index contributed by atoms with van der Waals surface area (Å²) in [7, 11) is -11.6. The van der Waals surface area contributed by atoms with Crippen LogP contribution < -0.4 is 0 Å². The van der Waals surface area contributed by atoms with E-state index in [1.54, 1.807) is 29.2 Å². The molecule has 1 rings (SSSR count). The number of hydrogen-bond acceptors (Lipinski definition) is 42. The Morgan fingerprint density at radius 1 is 0.455 bits per heavy atom. The molecule has 0 aliphatic carbocycles. The van der Waals surface area contributed by atoms with Crippen LogP contribution in [0.2, 0.25) is 0 Å². The fourth-order valence-electron chi connectivity index (χ4n) is 2.90. The summed E-state index contributed by atoms with van der Waals surface area (Å²) in [5, 5.41) is 0. The first-order valence-corrected chi connectivity index (χ1v) is 55.8. The molecule has 0 aromatic rings. The van der Waals surface area contributed by atoms with E-state index in [0.717, 1.165) is 0 Å². The molecule has 66 heavy (non-hydrogen) atoms. The van der Waals surface area contributed by atoms with Gasteiger partial charge in [-0.2, -0.15) is 0 Å². The van der Waals surface area contributed by atoms with Crippen molar-refractivity contribution in [2.24, 2.45) is 0 Å². The monoisotopic (exact) mass is 2050 g/mol. The first-order chi connectivity index (χ1) is 28.7. The molecule has 1 aliphatic rings. The first kappa shape index (κ1) is 66.4. The van der Waals surface area contributed by atoms with Crippen molar-refractivity contribution < 1.29 is 334 Å². The number of hydrogen-bond donors (Lipinski definition) is 2. The quantitative estimate of drug-likeness (QED) is 0.0382. The number of unbranched alkanes of at least 4 members (excludes halogenated alkanes) is 1. The van der Waals surface area contributed by atoms with Crippen LogP contribution in [0.1, 0.15) is 12.8 Å². The predicted octanol–water partition coefficient (Wildman–Crippen LogP) is -3.82. The van der Waals surface area contributed by atoms with Crippen molar-refractivity contribution in [3.05, 3.63) is 12.4 Å². The molecule has 0 unspecified atom stereocenters. The van der Waals surface area contributed by atoms with Crippen molar-refractivity contribution in [2.45, 2.75) is 12.8 Å². The summed E-state index contributed by atoms with van der Waals surface area (Å²) in [5.41, 5.74) is 0. The van der Waals surface area contributed by atoms with Gasteiger partial charge in [0, 0.05) is 0 Å². The third-order valence-electron chi connectivity index (χ3n) is 4.27. The van der Waals surface area contributed by atoms with Gasteiger partial charge in [0.2, 0.25) is 0 Å². The summed E-state index contributed by atoms with van der Waals surface area (Å²) in [6, 6.07) is 0. The zero-order valence-electron chi connectivity index (χ0n) is 29.6. The fourth-order valence-corrected chi connectivity index (χ4v) is 66.2. The van der Waals surface area contributed by atoms with Gasteiger partial charge in [-0.1, -0.05) is 0 Å². The third kappa shape index (κ3) is 29.9.